The number of halogens is 2. The highest BCUT2D eigenvalue weighted by molar-refractivity contribution is 9.10. The standard InChI is InChI=1S/C12H12BrFN2O4/c1-6(10(17)16-12(19)15-2)20-11(18)8-4-3-7(14)5-9(8)13/h3-6H,1-2H3,(H2,15,16,17,19). The summed E-state index contributed by atoms with van der Waals surface area (Å²) in [5, 5.41) is 4.16. The Morgan fingerprint density at radius 2 is 2.00 bits per heavy atom. The lowest BCUT2D eigenvalue weighted by Gasteiger charge is -2.13. The minimum Gasteiger partial charge on any atom is -0.449 e. The number of benzene rings is 1. The number of carbonyl (C=O) groups excluding carboxylic acids is 3. The molecule has 1 unspecified atom stereocenters. The van der Waals surface area contributed by atoms with Gasteiger partial charge in [-0.05, 0) is 41.1 Å². The van der Waals surface area contributed by atoms with Crippen molar-refractivity contribution >= 4 is 33.8 Å². The largest absolute Gasteiger partial charge is 0.449 e. The van der Waals surface area contributed by atoms with Crippen molar-refractivity contribution in [3.05, 3.63) is 34.1 Å². The van der Waals surface area contributed by atoms with E-state index in [1.54, 1.807) is 0 Å². The van der Waals surface area contributed by atoms with Crippen LogP contribution >= 0.6 is 15.9 Å². The lowest BCUT2D eigenvalue weighted by molar-refractivity contribution is -0.127. The Balaban J connectivity index is 2.70. The van der Waals surface area contributed by atoms with E-state index in [1.165, 1.54) is 20.0 Å². The molecule has 1 aromatic carbocycles. The number of amides is 3. The van der Waals surface area contributed by atoms with Crippen molar-refractivity contribution in [3.63, 3.8) is 0 Å². The van der Waals surface area contributed by atoms with Gasteiger partial charge in [0, 0.05) is 11.5 Å². The summed E-state index contributed by atoms with van der Waals surface area (Å²) in [6.07, 6.45) is -1.17. The summed E-state index contributed by atoms with van der Waals surface area (Å²) in [4.78, 5) is 34.2. The van der Waals surface area contributed by atoms with Crippen LogP contribution in [-0.4, -0.2) is 31.1 Å². The molecule has 0 aliphatic rings. The third-order valence-corrected chi connectivity index (χ3v) is 2.92. The zero-order valence-electron chi connectivity index (χ0n) is 10.7. The maximum atomic E-state index is 12.9. The monoisotopic (exact) mass is 346 g/mol. The number of ether oxygens (including phenoxy) is 1. The lowest BCUT2D eigenvalue weighted by Crippen LogP contribution is -2.43. The summed E-state index contributed by atoms with van der Waals surface area (Å²) in [7, 11) is 1.34. The molecule has 0 fully saturated rings. The van der Waals surface area contributed by atoms with E-state index in [1.807, 2.05) is 5.32 Å². The molecule has 0 spiro atoms. The van der Waals surface area contributed by atoms with Crippen molar-refractivity contribution in [2.45, 2.75) is 13.0 Å². The summed E-state index contributed by atoms with van der Waals surface area (Å²) >= 11 is 3.02. The molecule has 108 valence electrons. The van der Waals surface area contributed by atoms with Gasteiger partial charge in [-0.1, -0.05) is 0 Å². The molecule has 1 aromatic rings. The molecule has 0 bridgehead atoms. The van der Waals surface area contributed by atoms with Crippen molar-refractivity contribution in [3.8, 4) is 0 Å². The second kappa shape index (κ2) is 6.99. The first-order valence-corrected chi connectivity index (χ1v) is 6.33. The number of hydrogen-bond acceptors (Lipinski definition) is 4. The minimum absolute atomic E-state index is 0.0750. The molecule has 1 atom stereocenters. The Morgan fingerprint density at radius 1 is 1.35 bits per heavy atom. The molecular formula is C12H12BrFN2O4. The first kappa shape index (κ1) is 16.1. The summed E-state index contributed by atoms with van der Waals surface area (Å²) in [6, 6.07) is 2.72. The van der Waals surface area contributed by atoms with Gasteiger partial charge in [-0.3, -0.25) is 10.1 Å². The fraction of sp³-hybridized carbons (Fsp3) is 0.250. The molecule has 0 aliphatic heterocycles. The third kappa shape index (κ3) is 4.30. The molecule has 1 rings (SSSR count). The average Bonchev–Trinajstić information content (AvgIpc) is 2.37. The fourth-order valence-corrected chi connectivity index (χ4v) is 1.72. The maximum absolute atomic E-state index is 12.9. The van der Waals surface area contributed by atoms with Crippen molar-refractivity contribution in [1.82, 2.24) is 10.6 Å². The van der Waals surface area contributed by atoms with E-state index in [9.17, 15) is 18.8 Å². The predicted octanol–water partition coefficient (Wildman–Crippen LogP) is 1.59. The van der Waals surface area contributed by atoms with Gasteiger partial charge in [0.1, 0.15) is 5.82 Å². The smallest absolute Gasteiger partial charge is 0.340 e. The van der Waals surface area contributed by atoms with Crippen LogP contribution in [0, 0.1) is 5.82 Å². The Hall–Kier alpha value is -1.96. The van der Waals surface area contributed by atoms with E-state index in [-0.39, 0.29) is 10.0 Å². The first-order chi connectivity index (χ1) is 9.35. The number of nitrogens with one attached hydrogen (secondary N) is 2. The van der Waals surface area contributed by atoms with Gasteiger partial charge in [-0.25, -0.2) is 14.0 Å². The molecule has 8 heteroatoms. The summed E-state index contributed by atoms with van der Waals surface area (Å²) < 4.78 is 18.0. The molecule has 0 saturated heterocycles. The Morgan fingerprint density at radius 3 is 2.55 bits per heavy atom. The van der Waals surface area contributed by atoms with Crippen molar-refractivity contribution < 1.29 is 23.5 Å². The van der Waals surface area contributed by atoms with Crippen LogP contribution in [0.25, 0.3) is 0 Å². The number of carbonyl (C=O) groups is 3. The van der Waals surface area contributed by atoms with Crippen LogP contribution in [0.15, 0.2) is 22.7 Å². The number of urea groups is 1. The van der Waals surface area contributed by atoms with Crippen molar-refractivity contribution in [2.24, 2.45) is 0 Å². The molecule has 0 heterocycles. The molecule has 0 saturated carbocycles. The van der Waals surface area contributed by atoms with E-state index >= 15 is 0 Å². The molecular weight excluding hydrogens is 335 g/mol. The topological polar surface area (TPSA) is 84.5 Å². The zero-order chi connectivity index (χ0) is 15.3. The quantitative estimate of drug-likeness (QED) is 0.814. The second-order valence-corrected chi connectivity index (χ2v) is 4.59. The van der Waals surface area contributed by atoms with Gasteiger partial charge in [0.25, 0.3) is 5.91 Å². The Labute approximate surface area is 122 Å². The lowest BCUT2D eigenvalue weighted by atomic mass is 10.2. The van der Waals surface area contributed by atoms with E-state index in [4.69, 9.17) is 4.74 Å². The molecule has 0 aromatic heterocycles. The van der Waals surface area contributed by atoms with Gasteiger partial charge in [-0.15, -0.1) is 0 Å². The number of rotatable bonds is 3. The summed E-state index contributed by atoms with van der Waals surface area (Å²) in [6.45, 7) is 1.31. The maximum Gasteiger partial charge on any atom is 0.340 e. The predicted molar refractivity (Wildman–Crippen MR) is 71.6 cm³/mol. The Kier molecular flexibility index (Phi) is 5.63. The van der Waals surface area contributed by atoms with Crippen LogP contribution in [0.4, 0.5) is 9.18 Å². The van der Waals surface area contributed by atoms with Crippen molar-refractivity contribution in [1.29, 1.82) is 0 Å². The van der Waals surface area contributed by atoms with E-state index < -0.39 is 29.8 Å². The average molecular weight is 347 g/mol. The summed E-state index contributed by atoms with van der Waals surface area (Å²) in [5.74, 6) is -2.09. The molecule has 20 heavy (non-hydrogen) atoms. The van der Waals surface area contributed by atoms with Crippen LogP contribution in [0.2, 0.25) is 0 Å². The highest BCUT2D eigenvalue weighted by Crippen LogP contribution is 2.19. The summed E-state index contributed by atoms with van der Waals surface area (Å²) in [5.41, 5.74) is 0.0750. The number of esters is 1. The zero-order valence-corrected chi connectivity index (χ0v) is 12.3. The van der Waals surface area contributed by atoms with Gasteiger partial charge >= 0.3 is 12.0 Å². The normalized spacial score (nSPS) is 11.4. The van der Waals surface area contributed by atoms with Crippen LogP contribution in [0.5, 0.6) is 0 Å². The third-order valence-electron chi connectivity index (χ3n) is 2.27. The van der Waals surface area contributed by atoms with Crippen LogP contribution < -0.4 is 10.6 Å². The molecule has 2 N–H and O–H groups in total. The SMILES string of the molecule is CNC(=O)NC(=O)C(C)OC(=O)c1ccc(F)cc1Br. The second-order valence-electron chi connectivity index (χ2n) is 3.74. The van der Waals surface area contributed by atoms with Crippen LogP contribution in [-0.2, 0) is 9.53 Å². The molecule has 0 aliphatic carbocycles. The highest BCUT2D eigenvalue weighted by atomic mass is 79.9. The molecule has 3 amide bonds. The number of hydrogen-bond donors (Lipinski definition) is 2. The van der Waals surface area contributed by atoms with E-state index in [0.717, 1.165) is 12.1 Å². The first-order valence-electron chi connectivity index (χ1n) is 5.53. The molecule has 6 nitrogen and oxygen atoms in total. The molecule has 0 radical (unpaired) electrons. The van der Waals surface area contributed by atoms with Crippen LogP contribution in [0.1, 0.15) is 17.3 Å². The minimum atomic E-state index is -1.17. The van der Waals surface area contributed by atoms with E-state index in [0.29, 0.717) is 0 Å². The van der Waals surface area contributed by atoms with Crippen molar-refractivity contribution in [2.75, 3.05) is 7.05 Å². The Bertz CT molecular complexity index is 550. The van der Waals surface area contributed by atoms with Gasteiger partial charge < -0.3 is 10.1 Å². The van der Waals surface area contributed by atoms with E-state index in [2.05, 4.69) is 21.2 Å². The van der Waals surface area contributed by atoms with Gasteiger partial charge in [0.2, 0.25) is 0 Å². The van der Waals surface area contributed by atoms with Gasteiger partial charge in [0.15, 0.2) is 6.10 Å². The van der Waals surface area contributed by atoms with Gasteiger partial charge in [0.05, 0.1) is 5.56 Å². The van der Waals surface area contributed by atoms with Crippen LogP contribution in [0.3, 0.4) is 0 Å². The van der Waals surface area contributed by atoms with Gasteiger partial charge in [-0.2, -0.15) is 0 Å². The highest BCUT2D eigenvalue weighted by Gasteiger charge is 2.21. The fourth-order valence-electron chi connectivity index (χ4n) is 1.21. The number of imide groups is 1.